The van der Waals surface area contributed by atoms with Crippen molar-refractivity contribution in [2.24, 2.45) is 5.10 Å². The van der Waals surface area contributed by atoms with Gasteiger partial charge in [-0.1, -0.05) is 24.3 Å². The molecule has 4 heteroatoms. The number of nitrogens with one attached hydrogen (secondary N) is 1. The van der Waals surface area contributed by atoms with Crippen molar-refractivity contribution in [3.05, 3.63) is 41.0 Å². The number of nitrogens with zero attached hydrogens (tertiary/aromatic N) is 1. The van der Waals surface area contributed by atoms with E-state index in [2.05, 4.69) is 10.5 Å². The van der Waals surface area contributed by atoms with Crippen LogP contribution in [0.25, 0.3) is 5.76 Å². The molecular formula is C14H16N2O2. The zero-order chi connectivity index (χ0) is 13.3. The van der Waals surface area contributed by atoms with Gasteiger partial charge in [0.2, 0.25) is 0 Å². The van der Waals surface area contributed by atoms with Crippen molar-refractivity contribution < 1.29 is 9.90 Å². The van der Waals surface area contributed by atoms with Crippen LogP contribution in [-0.2, 0) is 0 Å². The molecule has 94 valence electrons. The first-order chi connectivity index (χ1) is 8.52. The maximum absolute atomic E-state index is 12.2. The van der Waals surface area contributed by atoms with E-state index in [0.29, 0.717) is 16.8 Å². The quantitative estimate of drug-likeness (QED) is 0.634. The largest absolute Gasteiger partial charge is 0.506 e. The van der Waals surface area contributed by atoms with E-state index in [0.717, 1.165) is 0 Å². The molecule has 2 rings (SSSR count). The van der Waals surface area contributed by atoms with Crippen LogP contribution >= 0.6 is 0 Å². The number of fused-ring (bicyclic) bond motifs is 1. The van der Waals surface area contributed by atoms with E-state index in [1.165, 1.54) is 0 Å². The highest BCUT2D eigenvalue weighted by Crippen LogP contribution is 2.31. The van der Waals surface area contributed by atoms with Crippen LogP contribution < -0.4 is 5.43 Å². The van der Waals surface area contributed by atoms with Crippen LogP contribution in [0.1, 0.15) is 36.7 Å². The van der Waals surface area contributed by atoms with Crippen LogP contribution in [0.4, 0.5) is 0 Å². The molecule has 0 unspecified atom stereocenters. The molecule has 0 aromatic heterocycles. The number of aliphatic hydroxyl groups excluding tert-OH is 1. The fraction of sp³-hybridized carbons (Fsp3) is 0.286. The number of allylic oxidation sites excluding steroid dienone is 1. The number of hydrazone groups is 1. The van der Waals surface area contributed by atoms with Gasteiger partial charge in [0.25, 0.3) is 0 Å². The summed E-state index contributed by atoms with van der Waals surface area (Å²) >= 11 is 0. The molecule has 0 fully saturated rings. The minimum atomic E-state index is -0.171. The monoisotopic (exact) mass is 244 g/mol. The Balaban J connectivity index is 2.40. The van der Waals surface area contributed by atoms with Crippen LogP contribution in [0.3, 0.4) is 0 Å². The second-order valence-corrected chi connectivity index (χ2v) is 4.58. The molecule has 0 amide bonds. The first-order valence-electron chi connectivity index (χ1n) is 5.90. The minimum absolute atomic E-state index is 0.0161. The maximum Gasteiger partial charge on any atom is 0.199 e. The molecule has 1 aliphatic carbocycles. The third-order valence-electron chi connectivity index (χ3n) is 2.74. The molecule has 0 atom stereocenters. The molecule has 18 heavy (non-hydrogen) atoms. The summed E-state index contributed by atoms with van der Waals surface area (Å²) in [6.07, 6.45) is 0. The van der Waals surface area contributed by atoms with Crippen LogP contribution in [0.15, 0.2) is 34.9 Å². The third-order valence-corrected chi connectivity index (χ3v) is 2.74. The second kappa shape index (κ2) is 4.64. The lowest BCUT2D eigenvalue weighted by atomic mass is 10.1. The summed E-state index contributed by atoms with van der Waals surface area (Å²) in [5.74, 6) is -0.155. The van der Waals surface area contributed by atoms with Crippen molar-refractivity contribution >= 4 is 17.3 Å². The smallest absolute Gasteiger partial charge is 0.199 e. The lowest BCUT2D eigenvalue weighted by molar-refractivity contribution is 0.104. The van der Waals surface area contributed by atoms with E-state index >= 15 is 0 Å². The Morgan fingerprint density at radius 2 is 1.89 bits per heavy atom. The molecule has 1 aliphatic rings. The van der Waals surface area contributed by atoms with Crippen molar-refractivity contribution in [1.29, 1.82) is 0 Å². The Kier molecular flexibility index (Phi) is 3.19. The van der Waals surface area contributed by atoms with Gasteiger partial charge in [0.1, 0.15) is 5.76 Å². The summed E-state index contributed by atoms with van der Waals surface area (Å²) in [5.41, 5.74) is 4.78. The first-order valence-corrected chi connectivity index (χ1v) is 5.90. The Bertz CT molecular complexity index is 557. The van der Waals surface area contributed by atoms with E-state index < -0.39 is 0 Å². The molecule has 0 spiro atoms. The zero-order valence-electron chi connectivity index (χ0n) is 10.7. The number of benzene rings is 1. The van der Waals surface area contributed by atoms with Crippen molar-refractivity contribution in [1.82, 2.24) is 5.43 Å². The fourth-order valence-corrected chi connectivity index (χ4v) is 1.88. The summed E-state index contributed by atoms with van der Waals surface area (Å²) in [7, 11) is 0. The van der Waals surface area contributed by atoms with Gasteiger partial charge in [0.05, 0.1) is 11.3 Å². The molecular weight excluding hydrogens is 228 g/mol. The Labute approximate surface area is 106 Å². The summed E-state index contributed by atoms with van der Waals surface area (Å²) in [4.78, 5) is 12.2. The molecule has 0 heterocycles. The van der Waals surface area contributed by atoms with Crippen LogP contribution in [0.5, 0.6) is 0 Å². The second-order valence-electron chi connectivity index (χ2n) is 4.58. The van der Waals surface area contributed by atoms with Gasteiger partial charge in [-0.2, -0.15) is 5.10 Å². The van der Waals surface area contributed by atoms with E-state index in [1.807, 2.05) is 13.8 Å². The summed E-state index contributed by atoms with van der Waals surface area (Å²) in [6.45, 7) is 5.62. The number of aliphatic hydroxyl groups is 1. The highest BCUT2D eigenvalue weighted by Gasteiger charge is 2.30. The molecule has 1 aromatic carbocycles. The highest BCUT2D eigenvalue weighted by atomic mass is 16.3. The molecule has 0 bridgehead atoms. The van der Waals surface area contributed by atoms with Gasteiger partial charge < -0.3 is 10.5 Å². The van der Waals surface area contributed by atoms with Crippen LogP contribution in [0, 0.1) is 0 Å². The molecule has 4 nitrogen and oxygen atoms in total. The average Bonchev–Trinajstić information content (AvgIpc) is 2.60. The number of carbonyl (C=O) groups is 1. The average molecular weight is 244 g/mol. The number of Topliss-reactive ketones (excluding diaryl/α,β-unsaturated/α-hetero) is 1. The van der Waals surface area contributed by atoms with Gasteiger partial charge in [-0.05, 0) is 20.8 Å². The van der Waals surface area contributed by atoms with E-state index in [1.54, 1.807) is 31.2 Å². The SMILES string of the molecule is C/C(=N\NC(C)C)C1=C(O)c2ccccc2C1=O. The summed E-state index contributed by atoms with van der Waals surface area (Å²) in [5, 5.41) is 14.2. The number of hydrogen-bond acceptors (Lipinski definition) is 4. The third kappa shape index (κ3) is 2.01. The predicted molar refractivity (Wildman–Crippen MR) is 71.7 cm³/mol. The number of carbonyl (C=O) groups excluding carboxylic acids is 1. The number of rotatable bonds is 3. The zero-order valence-corrected chi connectivity index (χ0v) is 10.7. The lowest BCUT2D eigenvalue weighted by Crippen LogP contribution is -2.19. The van der Waals surface area contributed by atoms with E-state index in [9.17, 15) is 9.90 Å². The van der Waals surface area contributed by atoms with Gasteiger partial charge >= 0.3 is 0 Å². The van der Waals surface area contributed by atoms with Gasteiger partial charge in [-0.3, -0.25) is 4.79 Å². The maximum atomic E-state index is 12.2. The number of hydrogen-bond donors (Lipinski definition) is 2. The van der Waals surface area contributed by atoms with Crippen molar-refractivity contribution in [2.45, 2.75) is 26.8 Å². The van der Waals surface area contributed by atoms with Crippen LogP contribution in [0.2, 0.25) is 0 Å². The molecule has 0 saturated heterocycles. The molecule has 0 saturated carbocycles. The molecule has 0 radical (unpaired) electrons. The molecule has 1 aromatic rings. The van der Waals surface area contributed by atoms with Crippen molar-refractivity contribution in [2.75, 3.05) is 0 Å². The molecule has 2 N–H and O–H groups in total. The summed E-state index contributed by atoms with van der Waals surface area (Å²) < 4.78 is 0. The Hall–Kier alpha value is -2.10. The Morgan fingerprint density at radius 3 is 2.44 bits per heavy atom. The Morgan fingerprint density at radius 1 is 1.28 bits per heavy atom. The van der Waals surface area contributed by atoms with E-state index in [4.69, 9.17) is 0 Å². The normalized spacial score (nSPS) is 15.3. The highest BCUT2D eigenvalue weighted by molar-refractivity contribution is 6.35. The van der Waals surface area contributed by atoms with E-state index in [-0.39, 0.29) is 23.2 Å². The van der Waals surface area contributed by atoms with Gasteiger partial charge in [0.15, 0.2) is 5.78 Å². The first kappa shape index (κ1) is 12.4. The van der Waals surface area contributed by atoms with Gasteiger partial charge in [0, 0.05) is 17.2 Å². The minimum Gasteiger partial charge on any atom is -0.506 e. The number of ketones is 1. The lowest BCUT2D eigenvalue weighted by Gasteiger charge is -2.06. The van der Waals surface area contributed by atoms with Crippen molar-refractivity contribution in [3.8, 4) is 0 Å². The predicted octanol–water partition coefficient (Wildman–Crippen LogP) is 2.53. The standard InChI is InChI=1S/C14H16N2O2/c1-8(2)15-16-9(3)12-13(17)10-6-4-5-7-11(10)14(12)18/h4-8,15,17H,1-3H3/b16-9+. The van der Waals surface area contributed by atoms with Gasteiger partial charge in [-0.25, -0.2) is 0 Å². The summed E-state index contributed by atoms with van der Waals surface area (Å²) in [6, 6.07) is 7.21. The fourth-order valence-electron chi connectivity index (χ4n) is 1.88. The van der Waals surface area contributed by atoms with Crippen LogP contribution in [-0.4, -0.2) is 22.6 Å². The van der Waals surface area contributed by atoms with Gasteiger partial charge in [-0.15, -0.1) is 0 Å². The topological polar surface area (TPSA) is 61.7 Å². The van der Waals surface area contributed by atoms with Crippen molar-refractivity contribution in [3.63, 3.8) is 0 Å². The molecule has 0 aliphatic heterocycles.